The van der Waals surface area contributed by atoms with Crippen LogP contribution in [0.2, 0.25) is 0 Å². The summed E-state index contributed by atoms with van der Waals surface area (Å²) in [4.78, 5) is 16.1. The smallest absolute Gasteiger partial charge is 0.393 e. The van der Waals surface area contributed by atoms with E-state index in [9.17, 15) is 36.2 Å². The number of amidine groups is 1. The zero-order chi connectivity index (χ0) is 23.7. The number of benzene rings is 1. The molecule has 1 aromatic carbocycles. The van der Waals surface area contributed by atoms with Crippen molar-refractivity contribution in [2.75, 3.05) is 13.1 Å². The molecular weight excluding hydrogens is 444 g/mol. The van der Waals surface area contributed by atoms with Gasteiger partial charge in [0.05, 0.1) is 17.2 Å². The monoisotopic (exact) mass is 465 g/mol. The minimum absolute atomic E-state index is 0.0457. The SMILES string of the molecule is CC1N=C(c2cc(C(F)(F)F)cc(C(F)(F)F)c2)NN1/C=C\C(=O)NN1CCC(O)CC1. The molecule has 13 heteroatoms. The topological polar surface area (TPSA) is 80.2 Å². The molecule has 0 radical (unpaired) electrons. The Labute approximate surface area is 179 Å². The molecule has 1 unspecified atom stereocenters. The average Bonchev–Trinajstić information content (AvgIpc) is 3.07. The molecule has 1 saturated heterocycles. The number of aliphatic imine (C=N–C) groups is 1. The Bertz CT molecular complexity index is 874. The van der Waals surface area contributed by atoms with E-state index >= 15 is 0 Å². The van der Waals surface area contributed by atoms with Gasteiger partial charge in [0.1, 0.15) is 12.0 Å². The van der Waals surface area contributed by atoms with E-state index in [1.165, 1.54) is 11.2 Å². The van der Waals surface area contributed by atoms with Crippen LogP contribution in [0.3, 0.4) is 0 Å². The maximum atomic E-state index is 13.1. The molecule has 0 spiro atoms. The van der Waals surface area contributed by atoms with Gasteiger partial charge >= 0.3 is 12.4 Å². The van der Waals surface area contributed by atoms with Crippen molar-refractivity contribution in [2.45, 2.75) is 44.4 Å². The maximum absolute atomic E-state index is 13.1. The third-order valence-electron chi connectivity index (χ3n) is 4.93. The lowest BCUT2D eigenvalue weighted by Gasteiger charge is -2.29. The lowest BCUT2D eigenvalue weighted by Crippen LogP contribution is -2.47. The Morgan fingerprint density at radius 3 is 2.22 bits per heavy atom. The number of aliphatic hydroxyl groups is 1. The van der Waals surface area contributed by atoms with Gasteiger partial charge in [-0.15, -0.1) is 0 Å². The number of carbonyl (C=O) groups is 1. The van der Waals surface area contributed by atoms with Crippen LogP contribution in [0, 0.1) is 0 Å². The standard InChI is InChI=1S/C19H21F6N5O2/c1-11-26-17(12-8-13(18(20,21)22)10-14(9-12)19(23,24)25)28-30(11)7-4-16(32)27-29-5-2-15(31)3-6-29/h4,7-11,15,31H,2-3,5-6H2,1H3,(H,26,28)(H,27,32)/b7-4-. The molecule has 32 heavy (non-hydrogen) atoms. The van der Waals surface area contributed by atoms with Gasteiger partial charge in [-0.2, -0.15) is 26.3 Å². The molecular formula is C19H21F6N5O2. The Kier molecular flexibility index (Phi) is 6.69. The molecule has 3 rings (SSSR count). The fraction of sp³-hybridized carbons (Fsp3) is 0.474. The molecule has 0 saturated carbocycles. The summed E-state index contributed by atoms with van der Waals surface area (Å²) < 4.78 is 78.5. The number of nitrogens with zero attached hydrogens (tertiary/aromatic N) is 3. The van der Waals surface area contributed by atoms with E-state index in [4.69, 9.17) is 0 Å². The number of hydrogen-bond donors (Lipinski definition) is 3. The number of alkyl halides is 6. The summed E-state index contributed by atoms with van der Waals surface area (Å²) in [6.07, 6.45) is -7.56. The summed E-state index contributed by atoms with van der Waals surface area (Å²) in [6.45, 7) is 2.50. The number of hydrogen-bond acceptors (Lipinski definition) is 6. The number of halogens is 6. The Morgan fingerprint density at radius 1 is 1.12 bits per heavy atom. The molecule has 2 aliphatic rings. The highest BCUT2D eigenvalue weighted by molar-refractivity contribution is 6.00. The number of amides is 1. The molecule has 1 aromatic rings. The highest BCUT2D eigenvalue weighted by Crippen LogP contribution is 2.36. The second kappa shape index (κ2) is 8.98. The van der Waals surface area contributed by atoms with Crippen molar-refractivity contribution in [3.63, 3.8) is 0 Å². The summed E-state index contributed by atoms with van der Waals surface area (Å²) in [5.74, 6) is -0.675. The molecule has 1 atom stereocenters. The quantitative estimate of drug-likeness (QED) is 0.471. The van der Waals surface area contributed by atoms with Crippen molar-refractivity contribution in [1.82, 2.24) is 20.9 Å². The largest absolute Gasteiger partial charge is 0.416 e. The van der Waals surface area contributed by atoms with Crippen LogP contribution in [0.15, 0.2) is 35.5 Å². The van der Waals surface area contributed by atoms with Crippen molar-refractivity contribution in [3.8, 4) is 0 Å². The summed E-state index contributed by atoms with van der Waals surface area (Å²) in [5, 5.41) is 12.4. The van der Waals surface area contributed by atoms with Gasteiger partial charge in [0.15, 0.2) is 0 Å². The van der Waals surface area contributed by atoms with Crippen LogP contribution < -0.4 is 10.9 Å². The highest BCUT2D eigenvalue weighted by Gasteiger charge is 2.38. The predicted molar refractivity (Wildman–Crippen MR) is 102 cm³/mol. The van der Waals surface area contributed by atoms with Gasteiger partial charge in [-0.1, -0.05) is 0 Å². The number of rotatable bonds is 4. The van der Waals surface area contributed by atoms with Gasteiger partial charge in [0.25, 0.3) is 5.91 Å². The van der Waals surface area contributed by atoms with E-state index < -0.39 is 41.7 Å². The van der Waals surface area contributed by atoms with Crippen LogP contribution in [-0.4, -0.2) is 52.2 Å². The second-order valence-electron chi connectivity index (χ2n) is 7.43. The van der Waals surface area contributed by atoms with Crippen molar-refractivity contribution in [3.05, 3.63) is 47.2 Å². The molecule has 1 amide bonds. The lowest BCUT2D eigenvalue weighted by molar-refractivity contribution is -0.143. The van der Waals surface area contributed by atoms with E-state index in [1.54, 1.807) is 11.9 Å². The first-order valence-corrected chi connectivity index (χ1v) is 9.67. The van der Waals surface area contributed by atoms with Crippen molar-refractivity contribution in [1.29, 1.82) is 0 Å². The lowest BCUT2D eigenvalue weighted by atomic mass is 10.0. The predicted octanol–water partition coefficient (Wildman–Crippen LogP) is 2.64. The Balaban J connectivity index is 1.70. The van der Waals surface area contributed by atoms with Crippen LogP contribution in [0.5, 0.6) is 0 Å². The van der Waals surface area contributed by atoms with Crippen LogP contribution in [0.1, 0.15) is 36.5 Å². The van der Waals surface area contributed by atoms with Gasteiger partial charge in [0, 0.05) is 30.9 Å². The summed E-state index contributed by atoms with van der Waals surface area (Å²) in [6, 6.07) is 1.21. The van der Waals surface area contributed by atoms with E-state index in [0.717, 1.165) is 6.08 Å². The molecule has 1 fully saturated rings. The van der Waals surface area contributed by atoms with E-state index in [0.29, 0.717) is 38.1 Å². The number of nitrogens with one attached hydrogen (secondary N) is 2. The first-order chi connectivity index (χ1) is 14.8. The summed E-state index contributed by atoms with van der Waals surface area (Å²) >= 11 is 0. The fourth-order valence-electron chi connectivity index (χ4n) is 3.20. The van der Waals surface area contributed by atoms with Gasteiger partial charge in [-0.25, -0.2) is 10.0 Å². The second-order valence-corrected chi connectivity index (χ2v) is 7.43. The molecule has 0 bridgehead atoms. The van der Waals surface area contributed by atoms with Crippen molar-refractivity contribution in [2.24, 2.45) is 4.99 Å². The highest BCUT2D eigenvalue weighted by atomic mass is 19.4. The Morgan fingerprint density at radius 2 is 1.69 bits per heavy atom. The zero-order valence-electron chi connectivity index (χ0n) is 16.8. The normalized spacial score (nSPS) is 21.1. The zero-order valence-corrected chi connectivity index (χ0v) is 16.8. The summed E-state index contributed by atoms with van der Waals surface area (Å²) in [5.41, 5.74) is 1.97. The van der Waals surface area contributed by atoms with Crippen molar-refractivity contribution < 1.29 is 36.2 Å². The maximum Gasteiger partial charge on any atom is 0.416 e. The minimum atomic E-state index is -4.97. The van der Waals surface area contributed by atoms with Crippen LogP contribution >= 0.6 is 0 Å². The first kappa shape index (κ1) is 23.9. The van der Waals surface area contributed by atoms with Gasteiger partial charge in [-0.05, 0) is 38.0 Å². The van der Waals surface area contributed by atoms with Gasteiger partial charge < -0.3 is 5.11 Å². The minimum Gasteiger partial charge on any atom is -0.393 e. The molecule has 176 valence electrons. The van der Waals surface area contributed by atoms with Crippen LogP contribution in [0.25, 0.3) is 0 Å². The molecule has 7 nitrogen and oxygen atoms in total. The summed E-state index contributed by atoms with van der Waals surface area (Å²) in [7, 11) is 0. The Hall–Kier alpha value is -2.80. The van der Waals surface area contributed by atoms with E-state index in [1.807, 2.05) is 0 Å². The van der Waals surface area contributed by atoms with Gasteiger partial charge in [-0.3, -0.25) is 20.7 Å². The molecule has 2 heterocycles. The fourth-order valence-corrected chi connectivity index (χ4v) is 3.20. The number of carbonyl (C=O) groups excluding carboxylic acids is 1. The molecule has 0 aliphatic carbocycles. The number of hydrazine groups is 2. The first-order valence-electron chi connectivity index (χ1n) is 9.67. The third-order valence-corrected chi connectivity index (χ3v) is 4.93. The van der Waals surface area contributed by atoms with Crippen molar-refractivity contribution >= 4 is 11.7 Å². The average molecular weight is 465 g/mol. The van der Waals surface area contributed by atoms with E-state index in [-0.39, 0.29) is 17.5 Å². The van der Waals surface area contributed by atoms with Crippen LogP contribution in [-0.2, 0) is 17.1 Å². The number of aliphatic hydroxyl groups excluding tert-OH is 1. The van der Waals surface area contributed by atoms with E-state index in [2.05, 4.69) is 15.8 Å². The molecule has 2 aliphatic heterocycles. The number of piperidine rings is 1. The van der Waals surface area contributed by atoms with Gasteiger partial charge in [0.2, 0.25) is 0 Å². The molecule has 3 N–H and O–H groups in total. The molecule has 0 aromatic heterocycles. The van der Waals surface area contributed by atoms with Crippen LogP contribution in [0.4, 0.5) is 26.3 Å². The third kappa shape index (κ3) is 5.91.